The normalized spacial score (nSPS) is 20.3. The van der Waals surface area contributed by atoms with Crippen molar-refractivity contribution in [2.24, 2.45) is 0 Å². The van der Waals surface area contributed by atoms with Crippen molar-refractivity contribution in [3.05, 3.63) is 85.1 Å². The minimum atomic E-state index is -1.62. The lowest BCUT2D eigenvalue weighted by Crippen LogP contribution is -2.61. The number of ether oxygens (including phenoxy) is 3. The van der Waals surface area contributed by atoms with Crippen LogP contribution < -0.4 is 5.32 Å². The van der Waals surface area contributed by atoms with Gasteiger partial charge in [0, 0.05) is 6.42 Å². The molecule has 1 aliphatic heterocycles. The SMILES string of the molecule is CC/C=C/C=C/C=C/CCCCCCCCCC(=O)OC1C(OCC(NC(=O)C(O)CCCCCCCC/C=C/C=C/C=C/CC)C(O)/C=C/CCCCCCCCCCCCC)OC(CO)C(O)C1O. The Labute approximate surface area is 432 Å². The number of hydrogen-bond acceptors (Lipinski definition) is 10. The Bertz CT molecular complexity index is 1470. The maximum Gasteiger partial charge on any atom is 0.306 e. The fraction of sp³-hybridized carbons (Fsp3) is 0.733. The highest BCUT2D eigenvalue weighted by Gasteiger charge is 2.47. The van der Waals surface area contributed by atoms with Gasteiger partial charge in [0.25, 0.3) is 0 Å². The number of carbonyl (C=O) groups excluding carboxylic acids is 2. The van der Waals surface area contributed by atoms with Gasteiger partial charge in [0.2, 0.25) is 5.91 Å². The highest BCUT2D eigenvalue weighted by molar-refractivity contribution is 5.80. The molecule has 1 saturated heterocycles. The number of amides is 1. The standard InChI is InChI=1S/C60H103NO10/c1-4-7-10-13-16-19-22-25-27-30-33-36-39-42-45-48-55(65)71-58-57(67)56(66)54(49-62)70-60(58)69-50-51(52(63)46-43-40-37-34-31-28-24-21-18-15-12-9-6-3)61-59(68)53(64)47-44-41-38-35-32-29-26-23-20-17-14-11-8-5-2/h7-8,10-11,13-14,16-17,19-20,22-23,43,46,51-54,56-58,60,62-64,66-67H,4-6,9,12,15,18,21,24-42,44-45,47-50H2,1-3H3,(H,61,68)/b10-7+,11-8+,16-13+,17-14+,22-19+,23-20+,46-43+. The van der Waals surface area contributed by atoms with E-state index >= 15 is 0 Å². The average Bonchev–Trinajstić information content (AvgIpc) is 3.37. The quantitative estimate of drug-likeness (QED) is 0.0149. The number of aliphatic hydroxyl groups excluding tert-OH is 5. The van der Waals surface area contributed by atoms with Crippen molar-refractivity contribution in [3.63, 3.8) is 0 Å². The van der Waals surface area contributed by atoms with Crippen molar-refractivity contribution in [1.82, 2.24) is 5.32 Å². The van der Waals surface area contributed by atoms with E-state index in [4.69, 9.17) is 14.2 Å². The molecule has 0 radical (unpaired) electrons. The van der Waals surface area contributed by atoms with Gasteiger partial charge in [-0.1, -0.05) is 234 Å². The van der Waals surface area contributed by atoms with Gasteiger partial charge in [-0.2, -0.15) is 0 Å². The summed E-state index contributed by atoms with van der Waals surface area (Å²) < 4.78 is 17.6. The smallest absolute Gasteiger partial charge is 0.306 e. The van der Waals surface area contributed by atoms with Gasteiger partial charge in [0.1, 0.15) is 24.4 Å². The first-order chi connectivity index (χ1) is 34.7. The van der Waals surface area contributed by atoms with Gasteiger partial charge < -0.3 is 45.1 Å². The maximum absolute atomic E-state index is 13.4. The van der Waals surface area contributed by atoms with Crippen molar-refractivity contribution in [2.45, 2.75) is 269 Å². The van der Waals surface area contributed by atoms with Crippen LogP contribution in [0.1, 0.15) is 220 Å². The lowest BCUT2D eigenvalue weighted by atomic mass is 9.99. The predicted octanol–water partition coefficient (Wildman–Crippen LogP) is 12.6. The van der Waals surface area contributed by atoms with Crippen LogP contribution in [0.15, 0.2) is 85.1 Å². The van der Waals surface area contributed by atoms with Crippen LogP contribution in [0.3, 0.4) is 0 Å². The molecule has 0 aromatic carbocycles. The summed E-state index contributed by atoms with van der Waals surface area (Å²) in [6.45, 7) is 5.49. The number of nitrogens with one attached hydrogen (secondary N) is 1. The Morgan fingerprint density at radius 1 is 0.563 bits per heavy atom. The summed E-state index contributed by atoms with van der Waals surface area (Å²) in [5.74, 6) is -1.23. The van der Waals surface area contributed by atoms with E-state index in [1.807, 2.05) is 24.3 Å². The molecule has 0 spiro atoms. The van der Waals surface area contributed by atoms with E-state index in [1.165, 1.54) is 57.8 Å². The zero-order valence-electron chi connectivity index (χ0n) is 44.8. The summed E-state index contributed by atoms with van der Waals surface area (Å²) in [6, 6.07) is -1.04. The van der Waals surface area contributed by atoms with Crippen LogP contribution in [0.2, 0.25) is 0 Å². The number of hydrogen-bond donors (Lipinski definition) is 6. The van der Waals surface area contributed by atoms with Crippen molar-refractivity contribution in [3.8, 4) is 0 Å². The second-order valence-corrected chi connectivity index (χ2v) is 19.4. The third kappa shape index (κ3) is 36.4. The van der Waals surface area contributed by atoms with E-state index in [9.17, 15) is 35.1 Å². The van der Waals surface area contributed by atoms with Gasteiger partial charge in [0.15, 0.2) is 12.4 Å². The summed E-state index contributed by atoms with van der Waals surface area (Å²) in [6.07, 6.45) is 50.5. The lowest BCUT2D eigenvalue weighted by Gasteiger charge is -2.41. The van der Waals surface area contributed by atoms with Gasteiger partial charge in [-0.3, -0.25) is 9.59 Å². The molecule has 11 nitrogen and oxygen atoms in total. The molecule has 8 unspecified atom stereocenters. The van der Waals surface area contributed by atoms with Crippen molar-refractivity contribution >= 4 is 11.9 Å². The Morgan fingerprint density at radius 2 is 1.01 bits per heavy atom. The number of unbranched alkanes of at least 4 members (excludes halogenated alkanes) is 24. The molecule has 8 atom stereocenters. The molecule has 0 saturated carbocycles. The molecule has 1 aliphatic rings. The third-order valence-electron chi connectivity index (χ3n) is 12.9. The summed E-state index contributed by atoms with van der Waals surface area (Å²) in [4.78, 5) is 26.4. The Morgan fingerprint density at radius 3 is 1.51 bits per heavy atom. The van der Waals surface area contributed by atoms with Crippen LogP contribution in [-0.4, -0.2) is 99.6 Å². The zero-order chi connectivity index (χ0) is 51.8. The molecule has 1 amide bonds. The molecule has 6 N–H and O–H groups in total. The fourth-order valence-electron chi connectivity index (χ4n) is 8.41. The van der Waals surface area contributed by atoms with Crippen molar-refractivity contribution in [2.75, 3.05) is 13.2 Å². The number of esters is 1. The predicted molar refractivity (Wildman–Crippen MR) is 292 cm³/mol. The van der Waals surface area contributed by atoms with Crippen LogP contribution in [-0.2, 0) is 23.8 Å². The minimum Gasteiger partial charge on any atom is -0.454 e. The molecule has 0 aromatic heterocycles. The Hall–Kier alpha value is -3.16. The number of rotatable bonds is 46. The van der Waals surface area contributed by atoms with E-state index in [1.54, 1.807) is 6.08 Å². The first-order valence-corrected chi connectivity index (χ1v) is 28.4. The van der Waals surface area contributed by atoms with Gasteiger partial charge >= 0.3 is 5.97 Å². The Kier molecular flexibility index (Phi) is 44.4. The maximum atomic E-state index is 13.4. The topological polar surface area (TPSA) is 175 Å². The average molecular weight is 998 g/mol. The van der Waals surface area contributed by atoms with Crippen LogP contribution >= 0.6 is 0 Å². The van der Waals surface area contributed by atoms with Gasteiger partial charge in [-0.25, -0.2) is 0 Å². The molecule has 11 heteroatoms. The highest BCUT2D eigenvalue weighted by atomic mass is 16.7. The molecule has 71 heavy (non-hydrogen) atoms. The summed E-state index contributed by atoms with van der Waals surface area (Å²) in [5, 5.41) is 56.8. The van der Waals surface area contributed by atoms with Crippen LogP contribution in [0.4, 0.5) is 0 Å². The summed E-state index contributed by atoms with van der Waals surface area (Å²) >= 11 is 0. The number of carbonyl (C=O) groups is 2. The molecule has 1 rings (SSSR count). The van der Waals surface area contributed by atoms with Crippen molar-refractivity contribution < 1.29 is 49.3 Å². The molecule has 0 bridgehead atoms. The molecular weight excluding hydrogens is 895 g/mol. The van der Waals surface area contributed by atoms with E-state index in [-0.39, 0.29) is 19.4 Å². The largest absolute Gasteiger partial charge is 0.454 e. The number of aliphatic hydroxyl groups is 5. The zero-order valence-corrected chi connectivity index (χ0v) is 44.8. The minimum absolute atomic E-state index is 0.105. The Balaban J connectivity index is 2.76. The highest BCUT2D eigenvalue weighted by Crippen LogP contribution is 2.26. The van der Waals surface area contributed by atoms with Crippen molar-refractivity contribution in [1.29, 1.82) is 0 Å². The summed E-state index contributed by atoms with van der Waals surface area (Å²) in [7, 11) is 0. The fourth-order valence-corrected chi connectivity index (χ4v) is 8.41. The summed E-state index contributed by atoms with van der Waals surface area (Å²) in [5.41, 5.74) is 0. The van der Waals surface area contributed by atoms with Crippen LogP contribution in [0.25, 0.3) is 0 Å². The molecular formula is C60H103NO10. The first kappa shape index (κ1) is 65.9. The van der Waals surface area contributed by atoms with Gasteiger partial charge in [-0.05, 0) is 64.2 Å². The van der Waals surface area contributed by atoms with Gasteiger partial charge in [-0.15, -0.1) is 0 Å². The molecule has 1 heterocycles. The third-order valence-corrected chi connectivity index (χ3v) is 12.9. The molecule has 0 aromatic rings. The molecule has 408 valence electrons. The van der Waals surface area contributed by atoms with E-state index in [2.05, 4.69) is 80.8 Å². The van der Waals surface area contributed by atoms with Gasteiger partial charge in [0.05, 0.1) is 25.4 Å². The lowest BCUT2D eigenvalue weighted by molar-refractivity contribution is -0.305. The van der Waals surface area contributed by atoms with E-state index in [0.717, 1.165) is 116 Å². The van der Waals surface area contributed by atoms with Crippen LogP contribution in [0.5, 0.6) is 0 Å². The monoisotopic (exact) mass is 998 g/mol. The van der Waals surface area contributed by atoms with E-state index in [0.29, 0.717) is 12.8 Å². The first-order valence-electron chi connectivity index (χ1n) is 28.4. The van der Waals surface area contributed by atoms with E-state index < -0.39 is 67.4 Å². The molecule has 0 aliphatic carbocycles. The van der Waals surface area contributed by atoms with Crippen LogP contribution in [0, 0.1) is 0 Å². The molecule has 1 fully saturated rings. The second-order valence-electron chi connectivity index (χ2n) is 19.4. The number of allylic oxidation sites excluding steroid dienone is 13. The second kappa shape index (κ2) is 47.8.